The molecule has 0 aromatic heterocycles. The summed E-state index contributed by atoms with van der Waals surface area (Å²) in [6.07, 6.45) is 2.54. The van der Waals surface area contributed by atoms with E-state index in [4.69, 9.17) is 4.74 Å². The first kappa shape index (κ1) is 7.50. The van der Waals surface area contributed by atoms with Crippen molar-refractivity contribution in [1.29, 1.82) is 0 Å². The number of rotatable bonds is 4. The molecular formula is C6H13NO. The van der Waals surface area contributed by atoms with Gasteiger partial charge in [0.25, 0.3) is 0 Å². The lowest BCUT2D eigenvalue weighted by Crippen LogP contribution is -2.25. The number of hydrogen-bond donors (Lipinski definition) is 1. The molecular weight excluding hydrogens is 102 g/mol. The third-order valence-corrected chi connectivity index (χ3v) is 0.953. The Morgan fingerprint density at radius 2 is 2.50 bits per heavy atom. The summed E-state index contributed by atoms with van der Waals surface area (Å²) in [6, 6.07) is 0. The molecule has 0 saturated carbocycles. The molecule has 0 spiro atoms. The van der Waals surface area contributed by atoms with Gasteiger partial charge in [-0.3, -0.25) is 5.32 Å². The summed E-state index contributed by atoms with van der Waals surface area (Å²) in [5.74, 6) is 0. The summed E-state index contributed by atoms with van der Waals surface area (Å²) < 4.78 is 4.99. The van der Waals surface area contributed by atoms with Gasteiger partial charge in [-0.15, -0.1) is 0 Å². The maximum absolute atomic E-state index is 4.99. The Balaban J connectivity index is 3.20. The lowest BCUT2D eigenvalue weighted by molar-refractivity contribution is 0.117. The van der Waals surface area contributed by atoms with E-state index in [1.54, 1.807) is 0 Å². The largest absolute Gasteiger partial charge is 0.484 e. The molecule has 0 fully saturated rings. The van der Waals surface area contributed by atoms with Crippen LogP contribution >= 0.6 is 0 Å². The van der Waals surface area contributed by atoms with Crippen molar-refractivity contribution in [3.63, 3.8) is 0 Å². The molecule has 0 bridgehead atoms. The Morgan fingerprint density at radius 1 is 1.88 bits per heavy atom. The molecule has 48 valence electrons. The monoisotopic (exact) mass is 115 g/mol. The van der Waals surface area contributed by atoms with Gasteiger partial charge in [0.05, 0.1) is 6.26 Å². The second-order valence-corrected chi connectivity index (χ2v) is 1.49. The van der Waals surface area contributed by atoms with Gasteiger partial charge in [0.1, 0.15) is 6.23 Å². The first-order valence-corrected chi connectivity index (χ1v) is 2.78. The minimum absolute atomic E-state index is 0.132. The van der Waals surface area contributed by atoms with Crippen LogP contribution in [0.5, 0.6) is 0 Å². The summed E-state index contributed by atoms with van der Waals surface area (Å²) in [6.45, 7) is 5.48. The van der Waals surface area contributed by atoms with Crippen molar-refractivity contribution in [3.05, 3.63) is 12.8 Å². The smallest absolute Gasteiger partial charge is 0.148 e. The Morgan fingerprint density at radius 3 is 2.62 bits per heavy atom. The van der Waals surface area contributed by atoms with E-state index in [-0.39, 0.29) is 6.23 Å². The van der Waals surface area contributed by atoms with Gasteiger partial charge in [0.2, 0.25) is 0 Å². The number of ether oxygens (including phenoxy) is 1. The van der Waals surface area contributed by atoms with E-state index in [1.165, 1.54) is 6.26 Å². The molecule has 0 aliphatic heterocycles. The predicted octanol–water partition coefficient (Wildman–Crippen LogP) is 1.10. The van der Waals surface area contributed by atoms with Crippen molar-refractivity contribution < 1.29 is 4.74 Å². The van der Waals surface area contributed by atoms with Crippen molar-refractivity contribution in [2.45, 2.75) is 19.6 Å². The van der Waals surface area contributed by atoms with E-state index in [1.807, 2.05) is 14.0 Å². The molecule has 2 heteroatoms. The van der Waals surface area contributed by atoms with Crippen LogP contribution in [0.25, 0.3) is 0 Å². The van der Waals surface area contributed by atoms with Crippen LogP contribution in [0.1, 0.15) is 13.3 Å². The average Bonchev–Trinajstić information content (AvgIpc) is 1.83. The van der Waals surface area contributed by atoms with Gasteiger partial charge >= 0.3 is 0 Å². The third-order valence-electron chi connectivity index (χ3n) is 0.953. The van der Waals surface area contributed by atoms with E-state index in [2.05, 4.69) is 11.9 Å². The SMILES string of the molecule is C=COC(CC)NC. The summed E-state index contributed by atoms with van der Waals surface area (Å²) in [5.41, 5.74) is 0. The van der Waals surface area contributed by atoms with E-state index >= 15 is 0 Å². The van der Waals surface area contributed by atoms with Crippen LogP contribution in [0.4, 0.5) is 0 Å². The molecule has 0 aliphatic carbocycles. The Bertz CT molecular complexity index is 59.5. The first-order valence-electron chi connectivity index (χ1n) is 2.78. The Hall–Kier alpha value is -0.500. The lowest BCUT2D eigenvalue weighted by atomic mass is 10.4. The molecule has 0 heterocycles. The zero-order chi connectivity index (χ0) is 6.41. The molecule has 2 nitrogen and oxygen atoms in total. The third kappa shape index (κ3) is 2.64. The summed E-state index contributed by atoms with van der Waals surface area (Å²) in [5, 5.41) is 2.96. The molecule has 8 heavy (non-hydrogen) atoms. The van der Waals surface area contributed by atoms with Crippen LogP contribution in [-0.4, -0.2) is 13.3 Å². The van der Waals surface area contributed by atoms with E-state index in [0.717, 1.165) is 6.42 Å². The maximum Gasteiger partial charge on any atom is 0.148 e. The molecule has 0 aromatic rings. The molecule has 0 amide bonds. The second kappa shape index (κ2) is 4.65. The quantitative estimate of drug-likeness (QED) is 0.437. The van der Waals surface area contributed by atoms with Crippen molar-refractivity contribution in [2.24, 2.45) is 0 Å². The van der Waals surface area contributed by atoms with Crippen LogP contribution in [0, 0.1) is 0 Å². The van der Waals surface area contributed by atoms with Crippen molar-refractivity contribution in [2.75, 3.05) is 7.05 Å². The highest BCUT2D eigenvalue weighted by molar-refractivity contribution is 4.55. The van der Waals surface area contributed by atoms with Gasteiger partial charge < -0.3 is 4.74 Å². The minimum Gasteiger partial charge on any atom is -0.484 e. The second-order valence-electron chi connectivity index (χ2n) is 1.49. The zero-order valence-corrected chi connectivity index (χ0v) is 5.48. The molecule has 1 atom stereocenters. The Kier molecular flexibility index (Phi) is 4.36. The molecule has 1 N–H and O–H groups in total. The Labute approximate surface area is 50.5 Å². The highest BCUT2D eigenvalue weighted by Crippen LogP contribution is 1.90. The van der Waals surface area contributed by atoms with E-state index < -0.39 is 0 Å². The minimum atomic E-state index is 0.132. The fourth-order valence-electron chi connectivity index (χ4n) is 0.485. The lowest BCUT2D eigenvalue weighted by Gasteiger charge is -2.11. The fraction of sp³-hybridized carbons (Fsp3) is 0.667. The van der Waals surface area contributed by atoms with Crippen molar-refractivity contribution >= 4 is 0 Å². The van der Waals surface area contributed by atoms with Crippen LogP contribution in [0.3, 0.4) is 0 Å². The standard InChI is InChI=1S/C6H13NO/c1-4-6(7-3)8-5-2/h5-7H,2,4H2,1,3H3. The number of hydrogen-bond acceptors (Lipinski definition) is 2. The van der Waals surface area contributed by atoms with Crippen LogP contribution in [0.2, 0.25) is 0 Å². The topological polar surface area (TPSA) is 21.3 Å². The zero-order valence-electron chi connectivity index (χ0n) is 5.48. The molecule has 0 aliphatic rings. The molecule has 0 rings (SSSR count). The normalized spacial score (nSPS) is 12.8. The molecule has 0 aromatic carbocycles. The van der Waals surface area contributed by atoms with Gasteiger partial charge in [0, 0.05) is 0 Å². The van der Waals surface area contributed by atoms with Gasteiger partial charge in [-0.2, -0.15) is 0 Å². The summed E-state index contributed by atoms with van der Waals surface area (Å²) in [7, 11) is 1.86. The highest BCUT2D eigenvalue weighted by atomic mass is 16.5. The fourth-order valence-corrected chi connectivity index (χ4v) is 0.485. The van der Waals surface area contributed by atoms with Gasteiger partial charge in [-0.1, -0.05) is 13.5 Å². The number of nitrogens with one attached hydrogen (secondary N) is 1. The highest BCUT2D eigenvalue weighted by Gasteiger charge is 1.96. The summed E-state index contributed by atoms with van der Waals surface area (Å²) >= 11 is 0. The van der Waals surface area contributed by atoms with E-state index in [9.17, 15) is 0 Å². The molecule has 0 saturated heterocycles. The van der Waals surface area contributed by atoms with Crippen LogP contribution in [-0.2, 0) is 4.74 Å². The van der Waals surface area contributed by atoms with Crippen molar-refractivity contribution in [1.82, 2.24) is 5.32 Å². The van der Waals surface area contributed by atoms with Crippen LogP contribution in [0.15, 0.2) is 12.8 Å². The van der Waals surface area contributed by atoms with E-state index in [0.29, 0.717) is 0 Å². The average molecular weight is 115 g/mol. The van der Waals surface area contributed by atoms with Crippen LogP contribution < -0.4 is 5.32 Å². The van der Waals surface area contributed by atoms with Crippen molar-refractivity contribution in [3.8, 4) is 0 Å². The van der Waals surface area contributed by atoms with Gasteiger partial charge in [-0.05, 0) is 13.5 Å². The molecule has 1 unspecified atom stereocenters. The van der Waals surface area contributed by atoms with Gasteiger partial charge in [0.15, 0.2) is 0 Å². The summed E-state index contributed by atoms with van der Waals surface area (Å²) in [4.78, 5) is 0. The maximum atomic E-state index is 4.99. The van der Waals surface area contributed by atoms with Gasteiger partial charge in [-0.25, -0.2) is 0 Å². The molecule has 0 radical (unpaired) electrons. The predicted molar refractivity (Wildman–Crippen MR) is 34.4 cm³/mol. The first-order chi connectivity index (χ1) is 3.85.